The van der Waals surface area contributed by atoms with Crippen molar-refractivity contribution in [1.82, 2.24) is 0 Å². The number of rotatable bonds is 2. The van der Waals surface area contributed by atoms with Crippen LogP contribution in [0.1, 0.15) is 51.4 Å². The molecule has 0 unspecified atom stereocenters. The van der Waals surface area contributed by atoms with Crippen LogP contribution in [0, 0.1) is 16.7 Å². The summed E-state index contributed by atoms with van der Waals surface area (Å²) in [6.45, 7) is 0. The molecule has 2 spiro atoms. The Bertz CT molecular complexity index is 262. The Morgan fingerprint density at radius 2 is 1.86 bits per heavy atom. The maximum atomic E-state index is 10.5. The molecule has 0 radical (unpaired) electrons. The van der Waals surface area contributed by atoms with E-state index in [1.165, 1.54) is 44.9 Å². The monoisotopic (exact) mass is 194 g/mol. The van der Waals surface area contributed by atoms with Gasteiger partial charge in [0.2, 0.25) is 0 Å². The van der Waals surface area contributed by atoms with E-state index in [0.717, 1.165) is 5.41 Å². The van der Waals surface area contributed by atoms with Crippen LogP contribution in [0.5, 0.6) is 0 Å². The van der Waals surface area contributed by atoms with Crippen molar-refractivity contribution in [2.75, 3.05) is 0 Å². The molecule has 3 saturated carbocycles. The van der Waals surface area contributed by atoms with Gasteiger partial charge in [-0.05, 0) is 55.3 Å². The maximum Gasteiger partial charge on any atom is 0.303 e. The second-order valence-corrected chi connectivity index (χ2v) is 6.08. The molecule has 1 N–H and O–H groups in total. The lowest BCUT2D eigenvalue weighted by atomic mass is 9.38. The molecule has 2 heteroatoms. The fourth-order valence-corrected chi connectivity index (χ4v) is 4.41. The smallest absolute Gasteiger partial charge is 0.303 e. The van der Waals surface area contributed by atoms with Crippen molar-refractivity contribution in [2.24, 2.45) is 16.7 Å². The van der Waals surface area contributed by atoms with E-state index in [1.54, 1.807) is 0 Å². The summed E-state index contributed by atoms with van der Waals surface area (Å²) in [7, 11) is 0. The molecule has 2 nitrogen and oxygen atoms in total. The van der Waals surface area contributed by atoms with Crippen LogP contribution in [-0.2, 0) is 4.79 Å². The van der Waals surface area contributed by atoms with E-state index in [1.807, 2.05) is 0 Å². The van der Waals surface area contributed by atoms with Gasteiger partial charge in [-0.1, -0.05) is 6.42 Å². The van der Waals surface area contributed by atoms with Crippen molar-refractivity contribution in [1.29, 1.82) is 0 Å². The first-order valence-corrected chi connectivity index (χ1v) is 5.83. The van der Waals surface area contributed by atoms with Gasteiger partial charge in [-0.25, -0.2) is 0 Å². The molecule has 0 aromatic rings. The fraction of sp³-hybridized carbons (Fsp3) is 0.917. The van der Waals surface area contributed by atoms with Crippen molar-refractivity contribution in [3.8, 4) is 0 Å². The first-order valence-electron chi connectivity index (χ1n) is 5.83. The zero-order chi connectivity index (χ0) is 9.81. The number of carboxylic acid groups (broad SMARTS) is 1. The normalized spacial score (nSPS) is 32.0. The Morgan fingerprint density at radius 3 is 2.29 bits per heavy atom. The zero-order valence-electron chi connectivity index (χ0n) is 8.59. The minimum Gasteiger partial charge on any atom is -0.481 e. The molecule has 3 aliphatic carbocycles. The third kappa shape index (κ3) is 1.12. The van der Waals surface area contributed by atoms with Gasteiger partial charge in [-0.3, -0.25) is 4.79 Å². The summed E-state index contributed by atoms with van der Waals surface area (Å²) >= 11 is 0. The largest absolute Gasteiger partial charge is 0.481 e. The average molecular weight is 194 g/mol. The highest BCUT2D eigenvalue weighted by Gasteiger charge is 2.61. The van der Waals surface area contributed by atoms with E-state index in [2.05, 4.69) is 0 Å². The topological polar surface area (TPSA) is 37.3 Å². The van der Waals surface area contributed by atoms with Gasteiger partial charge in [0.15, 0.2) is 0 Å². The van der Waals surface area contributed by atoms with Crippen LogP contribution in [0.15, 0.2) is 0 Å². The van der Waals surface area contributed by atoms with Gasteiger partial charge in [-0.2, -0.15) is 0 Å². The van der Waals surface area contributed by atoms with Crippen LogP contribution >= 0.6 is 0 Å². The molecular weight excluding hydrogens is 176 g/mol. The van der Waals surface area contributed by atoms with Crippen LogP contribution in [0.25, 0.3) is 0 Å². The SMILES string of the molecule is O=C(O)CC1CC2(C1)CC1(CCC1)C2. The Kier molecular flexibility index (Phi) is 1.58. The molecule has 0 amide bonds. The van der Waals surface area contributed by atoms with Gasteiger partial charge < -0.3 is 5.11 Å². The Morgan fingerprint density at radius 1 is 1.21 bits per heavy atom. The van der Waals surface area contributed by atoms with E-state index in [9.17, 15) is 4.79 Å². The number of aliphatic carboxylic acids is 1. The lowest BCUT2D eigenvalue weighted by Gasteiger charge is -2.67. The van der Waals surface area contributed by atoms with Crippen LogP contribution < -0.4 is 0 Å². The molecular formula is C12H18O2. The second kappa shape index (κ2) is 2.53. The van der Waals surface area contributed by atoms with E-state index in [4.69, 9.17) is 5.11 Å². The number of carboxylic acids is 1. The summed E-state index contributed by atoms with van der Waals surface area (Å²) in [5.41, 5.74) is 1.38. The van der Waals surface area contributed by atoms with Crippen molar-refractivity contribution >= 4 is 5.97 Å². The summed E-state index contributed by atoms with van der Waals surface area (Å²) in [6, 6.07) is 0. The van der Waals surface area contributed by atoms with Crippen LogP contribution in [0.3, 0.4) is 0 Å². The molecule has 0 aliphatic heterocycles. The van der Waals surface area contributed by atoms with Gasteiger partial charge >= 0.3 is 5.97 Å². The lowest BCUT2D eigenvalue weighted by Crippen LogP contribution is -2.56. The maximum absolute atomic E-state index is 10.5. The third-order valence-corrected chi connectivity index (χ3v) is 4.82. The molecule has 0 atom stereocenters. The first kappa shape index (κ1) is 8.75. The van der Waals surface area contributed by atoms with Gasteiger partial charge in [-0.15, -0.1) is 0 Å². The van der Waals surface area contributed by atoms with E-state index in [-0.39, 0.29) is 0 Å². The van der Waals surface area contributed by atoms with E-state index >= 15 is 0 Å². The summed E-state index contributed by atoms with van der Waals surface area (Å²) in [5.74, 6) is -0.104. The summed E-state index contributed by atoms with van der Waals surface area (Å²) in [6.07, 6.45) is 10.0. The van der Waals surface area contributed by atoms with Crippen molar-refractivity contribution < 1.29 is 9.90 Å². The highest BCUT2D eigenvalue weighted by atomic mass is 16.4. The molecule has 0 bridgehead atoms. The Balaban J connectivity index is 1.49. The van der Waals surface area contributed by atoms with Gasteiger partial charge in [0.1, 0.15) is 0 Å². The molecule has 3 fully saturated rings. The number of hydrogen-bond donors (Lipinski definition) is 1. The molecule has 3 rings (SSSR count). The van der Waals surface area contributed by atoms with Crippen LogP contribution in [0.4, 0.5) is 0 Å². The number of carbonyl (C=O) groups is 1. The summed E-state index contributed by atoms with van der Waals surface area (Å²) in [5, 5.41) is 8.67. The lowest BCUT2D eigenvalue weighted by molar-refractivity contribution is -0.169. The fourth-order valence-electron chi connectivity index (χ4n) is 4.41. The predicted molar refractivity (Wildman–Crippen MR) is 52.9 cm³/mol. The molecule has 78 valence electrons. The molecule has 14 heavy (non-hydrogen) atoms. The van der Waals surface area contributed by atoms with Gasteiger partial charge in [0.05, 0.1) is 0 Å². The summed E-state index contributed by atoms with van der Waals surface area (Å²) < 4.78 is 0. The average Bonchev–Trinajstić information content (AvgIpc) is 1.86. The van der Waals surface area contributed by atoms with Crippen LogP contribution in [0.2, 0.25) is 0 Å². The second-order valence-electron chi connectivity index (χ2n) is 6.08. The predicted octanol–water partition coefficient (Wildman–Crippen LogP) is 2.82. The molecule has 0 aromatic carbocycles. The molecule has 0 heterocycles. The van der Waals surface area contributed by atoms with Crippen molar-refractivity contribution in [2.45, 2.75) is 51.4 Å². The molecule has 0 saturated heterocycles. The standard InChI is InChI=1S/C12H18O2/c13-10(14)4-9-5-12(6-9)7-11(8-12)2-1-3-11/h9H,1-8H2,(H,13,14). The van der Waals surface area contributed by atoms with Crippen molar-refractivity contribution in [3.05, 3.63) is 0 Å². The Labute approximate surface area is 84.7 Å². The zero-order valence-corrected chi connectivity index (χ0v) is 8.59. The third-order valence-electron chi connectivity index (χ3n) is 4.82. The number of hydrogen-bond acceptors (Lipinski definition) is 1. The summed E-state index contributed by atoms with van der Waals surface area (Å²) in [4.78, 5) is 10.5. The van der Waals surface area contributed by atoms with Gasteiger partial charge in [0, 0.05) is 6.42 Å². The highest BCUT2D eigenvalue weighted by molar-refractivity contribution is 5.67. The molecule has 3 aliphatic rings. The molecule has 0 aromatic heterocycles. The van der Waals surface area contributed by atoms with Gasteiger partial charge in [0.25, 0.3) is 0 Å². The minimum absolute atomic E-state index is 0.411. The van der Waals surface area contributed by atoms with Crippen molar-refractivity contribution in [3.63, 3.8) is 0 Å². The van der Waals surface area contributed by atoms with E-state index in [0.29, 0.717) is 17.8 Å². The Hall–Kier alpha value is -0.530. The minimum atomic E-state index is -0.609. The van der Waals surface area contributed by atoms with E-state index < -0.39 is 5.97 Å². The van der Waals surface area contributed by atoms with Crippen LogP contribution in [-0.4, -0.2) is 11.1 Å². The highest BCUT2D eigenvalue weighted by Crippen LogP contribution is 2.72. The quantitative estimate of drug-likeness (QED) is 0.734. The first-order chi connectivity index (χ1) is 6.62.